The third kappa shape index (κ3) is 6.16. The molecule has 0 fully saturated rings. The molecular weight excluding hydrogens is 282 g/mol. The molecule has 17 heavy (non-hydrogen) atoms. The van der Waals surface area contributed by atoms with Gasteiger partial charge >= 0.3 is 5.97 Å². The van der Waals surface area contributed by atoms with Crippen LogP contribution in [0.2, 0.25) is 0 Å². The lowest BCUT2D eigenvalue weighted by atomic mass is 10.1. The Bertz CT molecular complexity index is 360. The first kappa shape index (κ1) is 14.6. The largest absolute Gasteiger partial charge is 0.461 e. The van der Waals surface area contributed by atoms with Crippen LogP contribution in [0.5, 0.6) is 0 Å². The van der Waals surface area contributed by atoms with Crippen LogP contribution in [0.3, 0.4) is 0 Å². The van der Waals surface area contributed by atoms with Gasteiger partial charge in [-0.2, -0.15) is 0 Å². The fourth-order valence-corrected chi connectivity index (χ4v) is 2.00. The van der Waals surface area contributed by atoms with Crippen LogP contribution < -0.4 is 0 Å². The number of esters is 1. The number of hydrogen-bond donors (Lipinski definition) is 0. The van der Waals surface area contributed by atoms with E-state index in [1.165, 1.54) is 0 Å². The molecule has 5 heteroatoms. The van der Waals surface area contributed by atoms with Crippen molar-refractivity contribution in [3.63, 3.8) is 0 Å². The van der Waals surface area contributed by atoms with Gasteiger partial charge in [0.15, 0.2) is 3.79 Å². The monoisotopic (exact) mass is 294 g/mol. The molecule has 94 valence electrons. The van der Waals surface area contributed by atoms with E-state index < -0.39 is 9.71 Å². The number of ether oxygens (including phenoxy) is 1. The summed E-state index contributed by atoms with van der Waals surface area (Å²) in [6.07, 6.45) is 0.144. The predicted molar refractivity (Wildman–Crippen MR) is 70.3 cm³/mol. The normalized spacial score (nSPS) is 13.2. The van der Waals surface area contributed by atoms with Crippen molar-refractivity contribution in [3.05, 3.63) is 35.9 Å². The summed E-state index contributed by atoms with van der Waals surface area (Å²) in [4.78, 5) is 11.6. The van der Waals surface area contributed by atoms with Crippen molar-refractivity contribution in [2.24, 2.45) is 5.92 Å². The Balaban J connectivity index is 2.40. The van der Waals surface area contributed by atoms with E-state index in [9.17, 15) is 4.79 Å². The topological polar surface area (TPSA) is 26.3 Å². The van der Waals surface area contributed by atoms with Gasteiger partial charge in [-0.05, 0) is 5.56 Å². The number of benzene rings is 1. The smallest absolute Gasteiger partial charge is 0.309 e. The molecule has 1 aromatic rings. The predicted octanol–water partition coefficient (Wildman–Crippen LogP) is 4.13. The Kier molecular flexibility index (Phi) is 5.57. The molecule has 0 heterocycles. The van der Waals surface area contributed by atoms with E-state index in [0.29, 0.717) is 0 Å². The highest BCUT2D eigenvalue weighted by Crippen LogP contribution is 2.33. The Morgan fingerprint density at radius 1 is 1.29 bits per heavy atom. The second kappa shape index (κ2) is 6.48. The van der Waals surface area contributed by atoms with Crippen LogP contribution in [-0.2, 0) is 16.1 Å². The number of halogens is 3. The molecule has 1 atom stereocenters. The summed E-state index contributed by atoms with van der Waals surface area (Å²) in [7, 11) is 0. The summed E-state index contributed by atoms with van der Waals surface area (Å²) in [6, 6.07) is 9.43. The number of alkyl halides is 3. The highest BCUT2D eigenvalue weighted by atomic mass is 35.6. The number of carbonyl (C=O) groups excluding carboxylic acids is 1. The average molecular weight is 296 g/mol. The van der Waals surface area contributed by atoms with E-state index >= 15 is 0 Å². The van der Waals surface area contributed by atoms with Gasteiger partial charge in [0.1, 0.15) is 6.61 Å². The molecular formula is C12H13Cl3O2. The highest BCUT2D eigenvalue weighted by molar-refractivity contribution is 6.67. The first-order valence-electron chi connectivity index (χ1n) is 5.16. The highest BCUT2D eigenvalue weighted by Gasteiger charge is 2.27. The van der Waals surface area contributed by atoms with Gasteiger partial charge in [0, 0.05) is 6.42 Å². The molecule has 1 unspecified atom stereocenters. The Morgan fingerprint density at radius 2 is 1.88 bits per heavy atom. The Labute approximate surface area is 116 Å². The van der Waals surface area contributed by atoms with Crippen LogP contribution >= 0.6 is 34.8 Å². The Hall–Kier alpha value is -0.440. The van der Waals surface area contributed by atoms with Gasteiger partial charge < -0.3 is 4.74 Å². The van der Waals surface area contributed by atoms with Crippen molar-refractivity contribution in [2.45, 2.75) is 23.7 Å². The minimum atomic E-state index is -1.43. The summed E-state index contributed by atoms with van der Waals surface area (Å²) in [6.45, 7) is 1.92. The molecule has 1 rings (SSSR count). The van der Waals surface area contributed by atoms with Gasteiger partial charge in [-0.3, -0.25) is 4.79 Å². The molecule has 0 aromatic heterocycles. The van der Waals surface area contributed by atoms with Gasteiger partial charge in [0.2, 0.25) is 0 Å². The van der Waals surface area contributed by atoms with Gasteiger partial charge in [-0.1, -0.05) is 72.1 Å². The minimum Gasteiger partial charge on any atom is -0.461 e. The van der Waals surface area contributed by atoms with Crippen LogP contribution in [-0.4, -0.2) is 9.76 Å². The lowest BCUT2D eigenvalue weighted by Crippen LogP contribution is -2.20. The van der Waals surface area contributed by atoms with Gasteiger partial charge in [-0.15, -0.1) is 0 Å². The third-order valence-electron chi connectivity index (χ3n) is 2.16. The van der Waals surface area contributed by atoms with E-state index in [1.807, 2.05) is 30.3 Å². The van der Waals surface area contributed by atoms with Crippen LogP contribution in [0, 0.1) is 5.92 Å². The molecule has 2 nitrogen and oxygen atoms in total. The molecule has 0 radical (unpaired) electrons. The lowest BCUT2D eigenvalue weighted by Gasteiger charge is -2.16. The number of carbonyl (C=O) groups is 1. The van der Waals surface area contributed by atoms with E-state index in [2.05, 4.69) is 0 Å². The fourth-order valence-electron chi connectivity index (χ4n) is 1.30. The standard InChI is InChI=1S/C12H13Cl3O2/c1-9(7-12(13,14)15)11(16)17-8-10-5-3-2-4-6-10/h2-6,9H,7-8H2,1H3. The van der Waals surface area contributed by atoms with Gasteiger partial charge in [-0.25, -0.2) is 0 Å². The molecule has 0 aliphatic carbocycles. The first-order chi connectivity index (χ1) is 7.88. The quantitative estimate of drug-likeness (QED) is 0.617. The van der Waals surface area contributed by atoms with Crippen LogP contribution in [0.1, 0.15) is 18.9 Å². The second-order valence-corrected chi connectivity index (χ2v) is 6.33. The van der Waals surface area contributed by atoms with E-state index in [0.717, 1.165) is 5.56 Å². The maximum atomic E-state index is 11.6. The SMILES string of the molecule is CC(CC(Cl)(Cl)Cl)C(=O)OCc1ccccc1. The number of hydrogen-bond acceptors (Lipinski definition) is 2. The molecule has 0 bridgehead atoms. The summed E-state index contributed by atoms with van der Waals surface area (Å²) in [5.74, 6) is -0.800. The van der Waals surface area contributed by atoms with E-state index in [4.69, 9.17) is 39.5 Å². The Morgan fingerprint density at radius 3 is 2.41 bits per heavy atom. The van der Waals surface area contributed by atoms with Crippen LogP contribution in [0.4, 0.5) is 0 Å². The van der Waals surface area contributed by atoms with Crippen molar-refractivity contribution in [1.29, 1.82) is 0 Å². The first-order valence-corrected chi connectivity index (χ1v) is 6.29. The van der Waals surface area contributed by atoms with Gasteiger partial charge in [0.05, 0.1) is 5.92 Å². The van der Waals surface area contributed by atoms with Crippen LogP contribution in [0.25, 0.3) is 0 Å². The van der Waals surface area contributed by atoms with Crippen molar-refractivity contribution in [3.8, 4) is 0 Å². The third-order valence-corrected chi connectivity index (χ3v) is 2.63. The fraction of sp³-hybridized carbons (Fsp3) is 0.417. The van der Waals surface area contributed by atoms with Crippen molar-refractivity contribution in [2.75, 3.05) is 0 Å². The molecule has 0 N–H and O–H groups in total. The molecule has 0 aliphatic rings. The van der Waals surface area contributed by atoms with Gasteiger partial charge in [0.25, 0.3) is 0 Å². The molecule has 0 saturated carbocycles. The zero-order valence-electron chi connectivity index (χ0n) is 9.33. The maximum Gasteiger partial charge on any atom is 0.309 e. The summed E-state index contributed by atoms with van der Waals surface area (Å²) in [5, 5.41) is 0. The molecule has 1 aromatic carbocycles. The maximum absolute atomic E-state index is 11.6. The van der Waals surface area contributed by atoms with Crippen molar-refractivity contribution >= 4 is 40.8 Å². The second-order valence-electron chi connectivity index (χ2n) is 3.81. The minimum absolute atomic E-state index is 0.144. The average Bonchev–Trinajstić information content (AvgIpc) is 2.25. The zero-order chi connectivity index (χ0) is 12.9. The van der Waals surface area contributed by atoms with Crippen LogP contribution in [0.15, 0.2) is 30.3 Å². The summed E-state index contributed by atoms with van der Waals surface area (Å²) >= 11 is 16.8. The van der Waals surface area contributed by atoms with Crippen molar-refractivity contribution < 1.29 is 9.53 Å². The molecule has 0 spiro atoms. The van der Waals surface area contributed by atoms with Crippen molar-refractivity contribution in [1.82, 2.24) is 0 Å². The molecule has 0 saturated heterocycles. The van der Waals surface area contributed by atoms with E-state index in [-0.39, 0.29) is 19.0 Å². The zero-order valence-corrected chi connectivity index (χ0v) is 11.6. The lowest BCUT2D eigenvalue weighted by molar-refractivity contribution is -0.149. The summed E-state index contributed by atoms with van der Waals surface area (Å²) < 4.78 is 3.70. The van der Waals surface area contributed by atoms with E-state index in [1.54, 1.807) is 6.92 Å². The molecule has 0 aliphatic heterocycles. The summed E-state index contributed by atoms with van der Waals surface area (Å²) in [5.41, 5.74) is 0.932. The molecule has 0 amide bonds. The number of rotatable bonds is 4.